The molecule has 3 heteroatoms. The first kappa shape index (κ1) is 38.8. The molecule has 1 aliphatic carbocycles. The summed E-state index contributed by atoms with van der Waals surface area (Å²) in [6.07, 6.45) is 9.05. The van der Waals surface area contributed by atoms with Gasteiger partial charge in [-0.15, -0.1) is 0 Å². The topological polar surface area (TPSA) is 29.0 Å². The number of nitrogens with zero attached hydrogens (tertiary/aromatic N) is 3. The number of benzene rings is 10. The Labute approximate surface area is 390 Å². The molecule has 2 aliphatic rings. The lowest BCUT2D eigenvalue weighted by atomic mass is 9.90. The molecule has 2 unspecified atom stereocenters. The number of para-hydroxylation sites is 2. The second kappa shape index (κ2) is 16.1. The number of hydrogen-bond acceptors (Lipinski definition) is 3. The molecule has 2 atom stereocenters. The number of anilines is 2. The van der Waals surface area contributed by atoms with Gasteiger partial charge >= 0.3 is 0 Å². The zero-order valence-corrected chi connectivity index (χ0v) is 36.7. The van der Waals surface area contributed by atoms with Gasteiger partial charge < -0.3 is 4.90 Å². The van der Waals surface area contributed by atoms with E-state index in [4.69, 9.17) is 9.97 Å². The lowest BCUT2D eigenvalue weighted by Gasteiger charge is -2.29. The van der Waals surface area contributed by atoms with Gasteiger partial charge in [0, 0.05) is 33.9 Å². The van der Waals surface area contributed by atoms with Crippen molar-refractivity contribution in [2.75, 3.05) is 4.90 Å². The highest BCUT2D eigenvalue weighted by atomic mass is 15.2. The van der Waals surface area contributed by atoms with E-state index in [0.717, 1.165) is 39.0 Å². The van der Waals surface area contributed by atoms with Crippen LogP contribution < -0.4 is 4.90 Å². The quantitative estimate of drug-likeness (QED) is 0.160. The second-order valence-electron chi connectivity index (χ2n) is 17.6. The van der Waals surface area contributed by atoms with Gasteiger partial charge in [0.05, 0.1) is 23.1 Å². The molecule has 0 amide bonds. The number of rotatable bonds is 7. The Hall–Kier alpha value is -8.66. The van der Waals surface area contributed by atoms with E-state index < -0.39 is 0 Å². The average Bonchev–Trinajstić information content (AvgIpc) is 3.75. The summed E-state index contributed by atoms with van der Waals surface area (Å²) in [4.78, 5) is 13.3. The molecule has 13 rings (SSSR count). The van der Waals surface area contributed by atoms with E-state index in [0.29, 0.717) is 5.82 Å². The summed E-state index contributed by atoms with van der Waals surface area (Å²) in [6, 6.07) is 81.3. The molecule has 1 aliphatic heterocycles. The Morgan fingerprint density at radius 2 is 0.851 bits per heavy atom. The minimum Gasteiger partial charge on any atom is -0.333 e. The van der Waals surface area contributed by atoms with Crippen molar-refractivity contribution in [2.24, 2.45) is 0 Å². The summed E-state index contributed by atoms with van der Waals surface area (Å²) < 4.78 is 0. The van der Waals surface area contributed by atoms with E-state index in [2.05, 4.69) is 254 Å². The molecule has 314 valence electrons. The maximum absolute atomic E-state index is 5.43. The van der Waals surface area contributed by atoms with Gasteiger partial charge in [-0.25, -0.2) is 9.97 Å². The Morgan fingerprint density at radius 3 is 1.60 bits per heavy atom. The molecule has 2 heterocycles. The van der Waals surface area contributed by atoms with Crippen molar-refractivity contribution >= 4 is 43.7 Å². The van der Waals surface area contributed by atoms with Crippen LogP contribution in [0.15, 0.2) is 249 Å². The zero-order valence-electron chi connectivity index (χ0n) is 36.7. The standard InChI is InChI=1S/C64H43N3/c1-2-19-48(20-3-1)67-62-30-11-10-25-58(62)59-29-14-27-52(63(59)67)45-33-37-47(38-34-45)64-65-60(46-35-31-44(32-36-46)50-26-12-17-42-15-4-6-21-49(42)50)41-61(66-64)57-40-39-56(54-23-8-9-24-55(54)57)53-28-13-18-43-16-5-7-22-51(43)53/h1-41,58,62H. The van der Waals surface area contributed by atoms with Gasteiger partial charge in [-0.1, -0.05) is 231 Å². The number of aromatic nitrogens is 2. The molecular weight excluding hydrogens is 811 g/mol. The van der Waals surface area contributed by atoms with Crippen LogP contribution in [-0.4, -0.2) is 16.0 Å². The number of allylic oxidation sites excluding steroid dienone is 2. The van der Waals surface area contributed by atoms with Gasteiger partial charge in [0.25, 0.3) is 0 Å². The molecular formula is C64H43N3. The monoisotopic (exact) mass is 853 g/mol. The summed E-state index contributed by atoms with van der Waals surface area (Å²) in [5, 5.41) is 7.28. The van der Waals surface area contributed by atoms with E-state index in [1.54, 1.807) is 0 Å². The zero-order chi connectivity index (χ0) is 44.3. The maximum Gasteiger partial charge on any atom is 0.160 e. The average molecular weight is 854 g/mol. The molecule has 10 aromatic carbocycles. The SMILES string of the molecule is C1=CC2c3cccc(-c4ccc(-c5nc(-c6ccc(-c7cccc8ccccc78)cc6)cc(-c6ccc(-c7cccc8ccccc78)c7ccccc67)n5)cc4)c3N(c3ccccc3)C2C=C1. The fraction of sp³-hybridized carbons (Fsp3) is 0.0312. The van der Waals surface area contributed by atoms with Crippen molar-refractivity contribution in [1.82, 2.24) is 9.97 Å². The first-order valence-electron chi connectivity index (χ1n) is 23.1. The highest BCUT2D eigenvalue weighted by Gasteiger charge is 2.39. The molecule has 0 saturated carbocycles. The van der Waals surface area contributed by atoms with E-state index in [9.17, 15) is 0 Å². The van der Waals surface area contributed by atoms with Gasteiger partial charge in [0.1, 0.15) is 0 Å². The van der Waals surface area contributed by atoms with Crippen molar-refractivity contribution in [1.29, 1.82) is 0 Å². The fourth-order valence-electron chi connectivity index (χ4n) is 10.7. The predicted octanol–water partition coefficient (Wildman–Crippen LogP) is 16.7. The normalized spacial score (nSPS) is 15.0. The third-order valence-electron chi connectivity index (χ3n) is 13.8. The van der Waals surface area contributed by atoms with Gasteiger partial charge in [0.2, 0.25) is 0 Å². The van der Waals surface area contributed by atoms with Crippen molar-refractivity contribution in [3.8, 4) is 67.3 Å². The number of fused-ring (bicyclic) bond motifs is 6. The van der Waals surface area contributed by atoms with E-state index in [1.807, 2.05) is 0 Å². The van der Waals surface area contributed by atoms with Crippen LogP contribution in [0.25, 0.3) is 99.6 Å². The van der Waals surface area contributed by atoms with Gasteiger partial charge in [-0.3, -0.25) is 0 Å². The largest absolute Gasteiger partial charge is 0.333 e. The second-order valence-corrected chi connectivity index (χ2v) is 17.6. The molecule has 0 fully saturated rings. The van der Waals surface area contributed by atoms with Crippen LogP contribution >= 0.6 is 0 Å². The predicted molar refractivity (Wildman–Crippen MR) is 281 cm³/mol. The molecule has 0 radical (unpaired) electrons. The molecule has 0 spiro atoms. The first-order chi connectivity index (χ1) is 33.2. The summed E-state index contributed by atoms with van der Waals surface area (Å²) in [5.41, 5.74) is 15.8. The van der Waals surface area contributed by atoms with Crippen LogP contribution in [0.5, 0.6) is 0 Å². The Balaban J connectivity index is 0.943. The van der Waals surface area contributed by atoms with Gasteiger partial charge in [0.15, 0.2) is 5.82 Å². The molecule has 3 nitrogen and oxygen atoms in total. The summed E-state index contributed by atoms with van der Waals surface area (Å²) >= 11 is 0. The Kier molecular flexibility index (Phi) is 9.31. The summed E-state index contributed by atoms with van der Waals surface area (Å²) in [5.74, 6) is 0.970. The van der Waals surface area contributed by atoms with Crippen molar-refractivity contribution in [3.05, 3.63) is 254 Å². The van der Waals surface area contributed by atoms with Crippen molar-refractivity contribution in [2.45, 2.75) is 12.0 Å². The molecule has 0 bridgehead atoms. The molecule has 67 heavy (non-hydrogen) atoms. The summed E-state index contributed by atoms with van der Waals surface area (Å²) in [7, 11) is 0. The van der Waals surface area contributed by atoms with E-state index in [1.165, 1.54) is 71.7 Å². The first-order valence-corrected chi connectivity index (χ1v) is 23.1. The van der Waals surface area contributed by atoms with Crippen LogP contribution in [0.4, 0.5) is 11.4 Å². The third kappa shape index (κ3) is 6.66. The minimum absolute atomic E-state index is 0.218. The smallest absolute Gasteiger partial charge is 0.160 e. The van der Waals surface area contributed by atoms with E-state index >= 15 is 0 Å². The summed E-state index contributed by atoms with van der Waals surface area (Å²) in [6.45, 7) is 0. The van der Waals surface area contributed by atoms with Crippen LogP contribution in [0.2, 0.25) is 0 Å². The number of hydrogen-bond donors (Lipinski definition) is 0. The molecule has 0 saturated heterocycles. The fourth-order valence-corrected chi connectivity index (χ4v) is 10.7. The van der Waals surface area contributed by atoms with Gasteiger partial charge in [-0.2, -0.15) is 0 Å². The van der Waals surface area contributed by atoms with Crippen LogP contribution in [0, 0.1) is 0 Å². The van der Waals surface area contributed by atoms with E-state index in [-0.39, 0.29) is 12.0 Å². The molecule has 11 aromatic rings. The maximum atomic E-state index is 5.43. The highest BCUT2D eigenvalue weighted by molar-refractivity contribution is 6.09. The van der Waals surface area contributed by atoms with Crippen LogP contribution in [-0.2, 0) is 0 Å². The van der Waals surface area contributed by atoms with Crippen LogP contribution in [0.1, 0.15) is 11.5 Å². The van der Waals surface area contributed by atoms with Gasteiger partial charge in [-0.05, 0) is 83.9 Å². The lowest BCUT2D eigenvalue weighted by Crippen LogP contribution is -2.28. The minimum atomic E-state index is 0.218. The third-order valence-corrected chi connectivity index (χ3v) is 13.8. The molecule has 0 N–H and O–H groups in total. The lowest BCUT2D eigenvalue weighted by molar-refractivity contribution is 0.745. The Morgan fingerprint density at radius 1 is 0.343 bits per heavy atom. The molecule has 1 aromatic heterocycles. The van der Waals surface area contributed by atoms with Crippen molar-refractivity contribution in [3.63, 3.8) is 0 Å². The highest BCUT2D eigenvalue weighted by Crippen LogP contribution is 2.52. The van der Waals surface area contributed by atoms with Crippen molar-refractivity contribution < 1.29 is 0 Å². The van der Waals surface area contributed by atoms with Crippen LogP contribution in [0.3, 0.4) is 0 Å². The Bertz CT molecular complexity index is 3740.